The Morgan fingerprint density at radius 1 is 1.33 bits per heavy atom. The van der Waals surface area contributed by atoms with Crippen molar-refractivity contribution in [3.63, 3.8) is 0 Å². The highest BCUT2D eigenvalue weighted by molar-refractivity contribution is 5.58. The monoisotopic (exact) mass is 246 g/mol. The Balaban J connectivity index is 2.40. The van der Waals surface area contributed by atoms with Gasteiger partial charge in [-0.05, 0) is 5.56 Å². The van der Waals surface area contributed by atoms with Crippen molar-refractivity contribution in [1.82, 2.24) is 9.13 Å². The number of nitrogens with zero attached hydrogens (tertiary/aromatic N) is 2. The number of imidazole rings is 1. The number of nitrogens with one attached hydrogen (secondary N) is 1. The van der Waals surface area contributed by atoms with Crippen LogP contribution >= 0.6 is 0 Å². The fourth-order valence-electron chi connectivity index (χ4n) is 1.92. The fourth-order valence-corrected chi connectivity index (χ4v) is 1.92. The van der Waals surface area contributed by atoms with E-state index in [1.807, 2.05) is 43.6 Å². The first-order valence-electron chi connectivity index (χ1n) is 5.87. The van der Waals surface area contributed by atoms with Gasteiger partial charge >= 0.3 is 0 Å². The quantitative estimate of drug-likeness (QED) is 0.725. The third-order valence-electron chi connectivity index (χ3n) is 2.98. The summed E-state index contributed by atoms with van der Waals surface area (Å²) in [6.45, 7) is 0.540. The molecular weight excluding hydrogens is 228 g/mol. The summed E-state index contributed by atoms with van der Waals surface area (Å²) in [4.78, 5) is 0. The highest BCUT2D eigenvalue weighted by atomic mass is 16.3. The fraction of sp³-hybridized carbons (Fsp3) is 0.308. The van der Waals surface area contributed by atoms with Gasteiger partial charge in [-0.25, -0.2) is 0 Å². The molecule has 1 aromatic heterocycles. The highest BCUT2D eigenvalue weighted by Gasteiger charge is 2.10. The topological polar surface area (TPSA) is 80.0 Å². The van der Waals surface area contributed by atoms with Crippen LogP contribution in [0.5, 0.6) is 0 Å². The van der Waals surface area contributed by atoms with Crippen molar-refractivity contribution in [1.29, 1.82) is 5.41 Å². The van der Waals surface area contributed by atoms with Crippen molar-refractivity contribution in [3.05, 3.63) is 42.1 Å². The van der Waals surface area contributed by atoms with Gasteiger partial charge in [-0.3, -0.25) is 5.41 Å². The molecule has 0 radical (unpaired) electrons. The molecule has 0 aliphatic carbocycles. The van der Waals surface area contributed by atoms with E-state index in [0.29, 0.717) is 12.2 Å². The van der Waals surface area contributed by atoms with E-state index in [1.54, 1.807) is 9.13 Å². The Kier molecular flexibility index (Phi) is 3.64. The van der Waals surface area contributed by atoms with Crippen molar-refractivity contribution in [2.75, 3.05) is 6.54 Å². The lowest BCUT2D eigenvalue weighted by molar-refractivity contribution is 0.160. The van der Waals surface area contributed by atoms with Crippen molar-refractivity contribution in [3.8, 4) is 11.3 Å². The molecule has 1 aromatic carbocycles. The lowest BCUT2D eigenvalue weighted by Gasteiger charge is -2.07. The molecule has 0 spiro atoms. The average molecular weight is 246 g/mol. The van der Waals surface area contributed by atoms with Gasteiger partial charge in [-0.2, -0.15) is 0 Å². The molecule has 0 aliphatic rings. The number of aliphatic hydroxyl groups excluding tert-OH is 1. The van der Waals surface area contributed by atoms with Crippen LogP contribution in [0.4, 0.5) is 0 Å². The zero-order chi connectivity index (χ0) is 13.1. The van der Waals surface area contributed by atoms with Crippen LogP contribution in [-0.2, 0) is 13.6 Å². The van der Waals surface area contributed by atoms with Crippen LogP contribution in [0.2, 0.25) is 0 Å². The number of aromatic nitrogens is 2. The van der Waals surface area contributed by atoms with Crippen LogP contribution in [0.1, 0.15) is 0 Å². The van der Waals surface area contributed by atoms with E-state index < -0.39 is 6.10 Å². The minimum absolute atomic E-state index is 0.196. The summed E-state index contributed by atoms with van der Waals surface area (Å²) in [5.41, 5.74) is 7.74. The van der Waals surface area contributed by atoms with E-state index in [4.69, 9.17) is 11.1 Å². The van der Waals surface area contributed by atoms with Gasteiger partial charge < -0.3 is 20.0 Å². The largest absolute Gasteiger partial charge is 0.390 e. The lowest BCUT2D eigenvalue weighted by Crippen LogP contribution is -2.31. The third kappa shape index (κ3) is 2.37. The predicted octanol–water partition coefficient (Wildman–Crippen LogP) is 0.293. The maximum absolute atomic E-state index is 9.57. The number of hydrogen-bond donors (Lipinski definition) is 3. The Bertz CT molecular complexity index is 570. The third-order valence-corrected chi connectivity index (χ3v) is 2.98. The molecule has 0 bridgehead atoms. The molecule has 0 aliphatic heterocycles. The van der Waals surface area contributed by atoms with E-state index in [2.05, 4.69) is 0 Å². The van der Waals surface area contributed by atoms with E-state index >= 15 is 0 Å². The van der Waals surface area contributed by atoms with Crippen molar-refractivity contribution in [2.24, 2.45) is 12.8 Å². The summed E-state index contributed by atoms with van der Waals surface area (Å²) < 4.78 is 3.50. The highest BCUT2D eigenvalue weighted by Crippen LogP contribution is 2.16. The molecule has 2 rings (SSSR count). The van der Waals surface area contributed by atoms with Gasteiger partial charge in [0.25, 0.3) is 0 Å². The molecule has 5 heteroatoms. The molecule has 96 valence electrons. The van der Waals surface area contributed by atoms with E-state index in [0.717, 1.165) is 11.3 Å². The van der Waals surface area contributed by atoms with Gasteiger partial charge in [0.05, 0.1) is 18.3 Å². The molecule has 0 saturated heterocycles. The van der Waals surface area contributed by atoms with Crippen molar-refractivity contribution in [2.45, 2.75) is 12.6 Å². The van der Waals surface area contributed by atoms with Gasteiger partial charge in [0.2, 0.25) is 5.62 Å². The Labute approximate surface area is 106 Å². The average Bonchev–Trinajstić information content (AvgIpc) is 2.68. The Hall–Kier alpha value is -1.85. The first-order chi connectivity index (χ1) is 8.63. The molecule has 4 N–H and O–H groups in total. The zero-order valence-electron chi connectivity index (χ0n) is 10.4. The van der Waals surface area contributed by atoms with Gasteiger partial charge in [0.15, 0.2) is 0 Å². The number of aliphatic hydroxyl groups is 1. The van der Waals surface area contributed by atoms with E-state index in [-0.39, 0.29) is 6.54 Å². The van der Waals surface area contributed by atoms with Crippen molar-refractivity contribution >= 4 is 0 Å². The summed E-state index contributed by atoms with van der Waals surface area (Å²) in [6.07, 6.45) is 1.25. The second-order valence-corrected chi connectivity index (χ2v) is 4.30. The first-order valence-corrected chi connectivity index (χ1v) is 5.87. The molecule has 5 nitrogen and oxygen atoms in total. The van der Waals surface area contributed by atoms with Crippen LogP contribution < -0.4 is 11.4 Å². The molecule has 0 amide bonds. The minimum atomic E-state index is -0.620. The lowest BCUT2D eigenvalue weighted by atomic mass is 10.2. The first kappa shape index (κ1) is 12.6. The number of hydrogen-bond acceptors (Lipinski definition) is 3. The van der Waals surface area contributed by atoms with Gasteiger partial charge in [0, 0.05) is 19.8 Å². The summed E-state index contributed by atoms with van der Waals surface area (Å²) in [6, 6.07) is 9.88. The van der Waals surface area contributed by atoms with Gasteiger partial charge in [-0.1, -0.05) is 30.3 Å². The Morgan fingerprint density at radius 3 is 2.61 bits per heavy atom. The molecule has 1 atom stereocenters. The van der Waals surface area contributed by atoms with E-state index in [9.17, 15) is 5.11 Å². The Morgan fingerprint density at radius 2 is 2.00 bits per heavy atom. The smallest absolute Gasteiger partial charge is 0.202 e. The summed E-state index contributed by atoms with van der Waals surface area (Å²) in [5.74, 6) is 0. The molecular formula is C13H18N4O. The van der Waals surface area contributed by atoms with Crippen molar-refractivity contribution < 1.29 is 5.11 Å². The van der Waals surface area contributed by atoms with Crippen LogP contribution in [0, 0.1) is 5.41 Å². The number of benzene rings is 1. The molecule has 1 heterocycles. The van der Waals surface area contributed by atoms with Crippen LogP contribution in [0.25, 0.3) is 11.3 Å². The van der Waals surface area contributed by atoms with Crippen LogP contribution in [0.15, 0.2) is 36.5 Å². The maximum atomic E-state index is 9.57. The van der Waals surface area contributed by atoms with E-state index in [1.165, 1.54) is 0 Å². The standard InChI is InChI=1S/C13H18N4O/c1-16-12(10-5-3-2-4-6-10)9-17(13(16)15)8-11(18)7-14/h2-6,9,11,15,18H,7-8,14H2,1H3. The number of rotatable bonds is 4. The number of nitrogens with two attached hydrogens (primary N) is 1. The second kappa shape index (κ2) is 5.20. The molecule has 0 fully saturated rings. The summed E-state index contributed by atoms with van der Waals surface area (Å²) in [5, 5.41) is 17.6. The van der Waals surface area contributed by atoms with Gasteiger partial charge in [-0.15, -0.1) is 0 Å². The molecule has 1 unspecified atom stereocenters. The molecule has 18 heavy (non-hydrogen) atoms. The second-order valence-electron chi connectivity index (χ2n) is 4.30. The van der Waals surface area contributed by atoms with Crippen LogP contribution in [-0.4, -0.2) is 26.9 Å². The van der Waals surface area contributed by atoms with Gasteiger partial charge in [0.1, 0.15) is 0 Å². The SMILES string of the molecule is Cn1c(-c2ccccc2)cn(CC(O)CN)c1=N. The summed E-state index contributed by atoms with van der Waals surface area (Å²) in [7, 11) is 1.84. The minimum Gasteiger partial charge on any atom is -0.390 e. The zero-order valence-corrected chi connectivity index (χ0v) is 10.4. The molecule has 2 aromatic rings. The van der Waals surface area contributed by atoms with Crippen LogP contribution in [0.3, 0.4) is 0 Å². The maximum Gasteiger partial charge on any atom is 0.202 e. The summed E-state index contributed by atoms with van der Waals surface area (Å²) >= 11 is 0. The normalized spacial score (nSPS) is 12.6. The predicted molar refractivity (Wildman–Crippen MR) is 69.8 cm³/mol. The molecule has 0 saturated carbocycles.